The molecule has 1 aliphatic rings. The molecule has 1 aromatic heterocycles. The first-order valence-corrected chi connectivity index (χ1v) is 8.15. The van der Waals surface area contributed by atoms with Gasteiger partial charge in [0.1, 0.15) is 0 Å². The van der Waals surface area contributed by atoms with Crippen LogP contribution in [0.3, 0.4) is 0 Å². The molecule has 138 valence electrons. The number of aryl methyl sites for hydroxylation is 1. The van der Waals surface area contributed by atoms with Gasteiger partial charge in [-0.3, -0.25) is 0 Å². The monoisotopic (exact) mass is 353 g/mol. The van der Waals surface area contributed by atoms with E-state index in [0.29, 0.717) is 25.1 Å². The van der Waals surface area contributed by atoms with E-state index in [-0.39, 0.29) is 25.6 Å². The summed E-state index contributed by atoms with van der Waals surface area (Å²) in [7, 11) is 0. The standard InChI is InChI=1S/C16H23N3O6/c1-3-25-14(20)13-5-7-17(11(13)2)6-4-12-10-18(15(21)22)8-9-19(12)16(23)24/h5,7,12H,3-4,6,8-10H2,1-2H3,(H,21,22)(H,23,24)/t12-/m1/s1. The first kappa shape index (κ1) is 18.6. The fraction of sp³-hybridized carbons (Fsp3) is 0.562. The van der Waals surface area contributed by atoms with Crippen LogP contribution in [-0.4, -0.2) is 75.0 Å². The van der Waals surface area contributed by atoms with Crippen LogP contribution >= 0.6 is 0 Å². The number of hydrogen-bond donors (Lipinski definition) is 2. The van der Waals surface area contributed by atoms with Crippen LogP contribution in [0.15, 0.2) is 12.3 Å². The van der Waals surface area contributed by atoms with E-state index in [1.807, 2.05) is 4.57 Å². The molecule has 0 unspecified atom stereocenters. The lowest BCUT2D eigenvalue weighted by Gasteiger charge is -2.38. The van der Waals surface area contributed by atoms with Crippen LogP contribution in [0.1, 0.15) is 29.4 Å². The summed E-state index contributed by atoms with van der Waals surface area (Å²) in [4.78, 5) is 36.9. The molecule has 0 aliphatic carbocycles. The topological polar surface area (TPSA) is 112 Å². The lowest BCUT2D eigenvalue weighted by Crippen LogP contribution is -2.56. The second kappa shape index (κ2) is 7.91. The van der Waals surface area contributed by atoms with E-state index in [1.54, 1.807) is 26.1 Å². The number of nitrogens with zero attached hydrogens (tertiary/aromatic N) is 3. The molecule has 25 heavy (non-hydrogen) atoms. The van der Waals surface area contributed by atoms with Gasteiger partial charge in [-0.15, -0.1) is 0 Å². The smallest absolute Gasteiger partial charge is 0.407 e. The maximum absolute atomic E-state index is 11.9. The fourth-order valence-electron chi connectivity index (χ4n) is 3.03. The van der Waals surface area contributed by atoms with Crippen LogP contribution in [0.2, 0.25) is 0 Å². The molecule has 0 saturated carbocycles. The quantitative estimate of drug-likeness (QED) is 0.779. The van der Waals surface area contributed by atoms with Gasteiger partial charge in [0, 0.05) is 38.1 Å². The molecule has 9 nitrogen and oxygen atoms in total. The van der Waals surface area contributed by atoms with Crippen LogP contribution in [0.4, 0.5) is 9.59 Å². The summed E-state index contributed by atoms with van der Waals surface area (Å²) in [5.74, 6) is -0.388. The highest BCUT2D eigenvalue weighted by atomic mass is 16.5. The van der Waals surface area contributed by atoms with Gasteiger partial charge < -0.3 is 29.3 Å². The number of ether oxygens (including phenoxy) is 1. The van der Waals surface area contributed by atoms with Crippen molar-refractivity contribution in [2.24, 2.45) is 0 Å². The van der Waals surface area contributed by atoms with Crippen LogP contribution < -0.4 is 0 Å². The van der Waals surface area contributed by atoms with Crippen molar-refractivity contribution < 1.29 is 29.3 Å². The third-order valence-corrected chi connectivity index (χ3v) is 4.44. The van der Waals surface area contributed by atoms with Crippen LogP contribution in [0.5, 0.6) is 0 Å². The number of amides is 2. The highest BCUT2D eigenvalue weighted by Gasteiger charge is 2.32. The number of carbonyl (C=O) groups excluding carboxylic acids is 1. The maximum atomic E-state index is 11.9. The minimum absolute atomic E-state index is 0.146. The summed E-state index contributed by atoms with van der Waals surface area (Å²) in [6.07, 6.45) is 0.112. The summed E-state index contributed by atoms with van der Waals surface area (Å²) in [5, 5.41) is 18.4. The summed E-state index contributed by atoms with van der Waals surface area (Å²) in [5.41, 5.74) is 1.22. The zero-order valence-electron chi connectivity index (χ0n) is 14.3. The van der Waals surface area contributed by atoms with E-state index < -0.39 is 18.2 Å². The van der Waals surface area contributed by atoms with Gasteiger partial charge in [0.2, 0.25) is 0 Å². The molecular weight excluding hydrogens is 330 g/mol. The number of aromatic nitrogens is 1. The molecule has 2 amide bonds. The minimum Gasteiger partial charge on any atom is -0.465 e. The Morgan fingerprint density at radius 1 is 1.24 bits per heavy atom. The van der Waals surface area contributed by atoms with Crippen molar-refractivity contribution in [3.63, 3.8) is 0 Å². The van der Waals surface area contributed by atoms with E-state index in [1.165, 1.54) is 9.80 Å². The molecule has 0 radical (unpaired) electrons. The van der Waals surface area contributed by atoms with E-state index in [0.717, 1.165) is 5.69 Å². The van der Waals surface area contributed by atoms with E-state index in [4.69, 9.17) is 9.84 Å². The Bertz CT molecular complexity index is 656. The molecule has 1 aromatic rings. The number of piperazine rings is 1. The van der Waals surface area contributed by atoms with Crippen molar-refractivity contribution in [1.29, 1.82) is 0 Å². The summed E-state index contributed by atoms with van der Waals surface area (Å²) < 4.78 is 6.85. The molecule has 0 bridgehead atoms. The molecule has 2 rings (SSSR count). The summed E-state index contributed by atoms with van der Waals surface area (Å²) >= 11 is 0. The van der Waals surface area contributed by atoms with Crippen LogP contribution in [-0.2, 0) is 11.3 Å². The highest BCUT2D eigenvalue weighted by Crippen LogP contribution is 2.17. The maximum Gasteiger partial charge on any atom is 0.407 e. The fourth-order valence-corrected chi connectivity index (χ4v) is 3.03. The lowest BCUT2D eigenvalue weighted by molar-refractivity contribution is 0.0525. The van der Waals surface area contributed by atoms with E-state index in [9.17, 15) is 19.5 Å². The molecule has 1 aliphatic heterocycles. The van der Waals surface area contributed by atoms with Gasteiger partial charge >= 0.3 is 18.2 Å². The van der Waals surface area contributed by atoms with Gasteiger partial charge in [-0.05, 0) is 26.3 Å². The van der Waals surface area contributed by atoms with Crippen LogP contribution in [0.25, 0.3) is 0 Å². The van der Waals surface area contributed by atoms with Gasteiger partial charge in [0.05, 0.1) is 18.2 Å². The minimum atomic E-state index is -1.05. The van der Waals surface area contributed by atoms with Gasteiger partial charge in [-0.1, -0.05) is 0 Å². The van der Waals surface area contributed by atoms with Crippen molar-refractivity contribution in [2.45, 2.75) is 32.9 Å². The molecule has 0 aromatic carbocycles. The second-order valence-electron chi connectivity index (χ2n) is 5.88. The van der Waals surface area contributed by atoms with Gasteiger partial charge in [0.15, 0.2) is 0 Å². The van der Waals surface area contributed by atoms with Crippen molar-refractivity contribution in [2.75, 3.05) is 26.2 Å². The first-order chi connectivity index (χ1) is 11.8. The van der Waals surface area contributed by atoms with Crippen LogP contribution in [0, 0.1) is 6.92 Å². The van der Waals surface area contributed by atoms with Gasteiger partial charge in [-0.2, -0.15) is 0 Å². The molecule has 1 fully saturated rings. The Morgan fingerprint density at radius 3 is 2.56 bits per heavy atom. The number of carboxylic acid groups (broad SMARTS) is 2. The Labute approximate surface area is 145 Å². The van der Waals surface area contributed by atoms with E-state index >= 15 is 0 Å². The zero-order valence-corrected chi connectivity index (χ0v) is 14.3. The largest absolute Gasteiger partial charge is 0.465 e. The molecule has 0 spiro atoms. The van der Waals surface area contributed by atoms with E-state index in [2.05, 4.69) is 0 Å². The Hall–Kier alpha value is -2.71. The third-order valence-electron chi connectivity index (χ3n) is 4.44. The molecule has 2 heterocycles. The highest BCUT2D eigenvalue weighted by molar-refractivity contribution is 5.90. The average molecular weight is 353 g/mol. The summed E-state index contributed by atoms with van der Waals surface area (Å²) in [6.45, 7) is 4.79. The number of carbonyl (C=O) groups is 3. The summed E-state index contributed by atoms with van der Waals surface area (Å²) in [6, 6.07) is 1.25. The lowest BCUT2D eigenvalue weighted by atomic mass is 10.1. The normalized spacial score (nSPS) is 17.4. The SMILES string of the molecule is CCOC(=O)c1ccn(CC[C@@H]2CN(C(=O)O)CCN2C(=O)O)c1C. The number of rotatable bonds is 5. The first-order valence-electron chi connectivity index (χ1n) is 8.15. The predicted molar refractivity (Wildman–Crippen MR) is 87.9 cm³/mol. The molecule has 2 N–H and O–H groups in total. The number of esters is 1. The molecule has 1 atom stereocenters. The number of hydrogen-bond acceptors (Lipinski definition) is 4. The van der Waals surface area contributed by atoms with Gasteiger partial charge in [0.25, 0.3) is 0 Å². The second-order valence-corrected chi connectivity index (χ2v) is 5.88. The van der Waals surface area contributed by atoms with Crippen molar-refractivity contribution in [3.05, 3.63) is 23.5 Å². The zero-order chi connectivity index (χ0) is 18.6. The molecule has 9 heteroatoms. The van der Waals surface area contributed by atoms with Crippen molar-refractivity contribution in [1.82, 2.24) is 14.4 Å². The Balaban J connectivity index is 2.06. The Morgan fingerprint density at radius 2 is 1.96 bits per heavy atom. The predicted octanol–water partition coefficient (Wildman–Crippen LogP) is 1.71. The molecular formula is C16H23N3O6. The average Bonchev–Trinajstić information content (AvgIpc) is 2.93. The van der Waals surface area contributed by atoms with Gasteiger partial charge in [-0.25, -0.2) is 14.4 Å². The molecule has 1 saturated heterocycles. The Kier molecular flexibility index (Phi) is 5.89. The van der Waals surface area contributed by atoms with Crippen molar-refractivity contribution in [3.8, 4) is 0 Å². The van der Waals surface area contributed by atoms with Crippen molar-refractivity contribution >= 4 is 18.2 Å². The third kappa shape index (κ3) is 4.23.